The smallest absolute Gasteiger partial charge is 0.480 e. The van der Waals surface area contributed by atoms with Crippen LogP contribution >= 0.6 is 0 Å². The second-order valence-electron chi connectivity index (χ2n) is 4.00. The predicted molar refractivity (Wildman–Crippen MR) is 63.4 cm³/mol. The van der Waals surface area contributed by atoms with E-state index in [1.165, 1.54) is 0 Å². The van der Waals surface area contributed by atoms with E-state index in [2.05, 4.69) is 0 Å². The molecule has 0 aromatic carbocycles. The van der Waals surface area contributed by atoms with E-state index in [0.717, 1.165) is 9.80 Å². The van der Waals surface area contributed by atoms with Crippen molar-refractivity contribution in [1.82, 2.24) is 9.80 Å². The topological polar surface area (TPSA) is 156 Å². The van der Waals surface area contributed by atoms with Crippen LogP contribution in [0, 0.1) is 0 Å². The van der Waals surface area contributed by atoms with Crippen molar-refractivity contribution in [3.05, 3.63) is 0 Å². The zero-order valence-corrected chi connectivity index (χ0v) is 18.6. The van der Waals surface area contributed by atoms with Crippen molar-refractivity contribution in [2.75, 3.05) is 39.3 Å². The summed E-state index contributed by atoms with van der Waals surface area (Å²) in [6.07, 6.45) is 0. The zero-order chi connectivity index (χ0) is 15.7. The molecule has 14 heteroatoms. The molecule has 10 nitrogen and oxygen atoms in total. The molecule has 0 amide bonds. The van der Waals surface area contributed by atoms with E-state index in [-0.39, 0.29) is 110 Å². The van der Waals surface area contributed by atoms with Gasteiger partial charge >= 0.3 is 121 Å². The summed E-state index contributed by atoms with van der Waals surface area (Å²) >= 11 is 0. The number of rotatable bonds is 11. The fraction of sp³-hybridized carbons (Fsp3) is 0.600. The molecule has 0 aliphatic heterocycles. The summed E-state index contributed by atoms with van der Waals surface area (Å²) in [5.41, 5.74) is 0. The molecule has 0 heterocycles. The summed E-state index contributed by atoms with van der Waals surface area (Å²) < 4.78 is 0. The molecule has 0 atom stereocenters. The van der Waals surface area contributed by atoms with Gasteiger partial charge in [0.05, 0.1) is 26.2 Å². The van der Waals surface area contributed by atoms with Gasteiger partial charge in [0.1, 0.15) is 0 Å². The molecule has 0 fully saturated rings. The van der Waals surface area contributed by atoms with Gasteiger partial charge in [-0.05, 0) is 0 Å². The van der Waals surface area contributed by atoms with Crippen molar-refractivity contribution in [1.29, 1.82) is 0 Å². The van der Waals surface area contributed by atoms with Gasteiger partial charge in [-0.15, -0.1) is 0 Å². The van der Waals surface area contributed by atoms with Gasteiger partial charge in [-0.3, -0.25) is 29.0 Å². The molecule has 4 N–H and O–H groups in total. The van der Waals surface area contributed by atoms with Crippen molar-refractivity contribution in [3.8, 4) is 0 Å². The molecule has 0 rings (SSSR count). The first-order chi connectivity index (χ1) is 9.20. The van der Waals surface area contributed by atoms with E-state index in [9.17, 15) is 19.2 Å². The molecule has 114 valence electrons. The van der Waals surface area contributed by atoms with E-state index in [0.29, 0.717) is 0 Å². The van der Waals surface area contributed by atoms with Crippen molar-refractivity contribution in [3.63, 3.8) is 0 Å². The number of carboxylic acid groups (broad SMARTS) is 4. The molecular weight excluding hydrogens is 336 g/mol. The third-order valence-corrected chi connectivity index (χ3v) is 2.17. The Morgan fingerprint density at radius 3 is 0.833 bits per heavy atom. The van der Waals surface area contributed by atoms with Crippen LogP contribution in [0.5, 0.6) is 0 Å². The van der Waals surface area contributed by atoms with Crippen molar-refractivity contribution < 1.29 is 136 Å². The Bertz CT molecular complexity index is 335. The minimum Gasteiger partial charge on any atom is -0.480 e. The minimum atomic E-state index is -1.23. The predicted octanol–water partition coefficient (Wildman–Crippen LogP) is -14.1. The summed E-state index contributed by atoms with van der Waals surface area (Å²) in [4.78, 5) is 44.4. The van der Waals surface area contributed by atoms with Gasteiger partial charge in [-0.2, -0.15) is 0 Å². The zero-order valence-electron chi connectivity index (χ0n) is 14.6. The molecule has 0 saturated carbocycles. The molecule has 0 aromatic heterocycles. The summed E-state index contributed by atoms with van der Waals surface area (Å²) in [6, 6.07) is 0. The molecule has 0 spiro atoms. The maximum atomic E-state index is 10.6. The Morgan fingerprint density at radius 2 is 0.708 bits per heavy atom. The average molecular weight is 352 g/mol. The number of hydrogen-bond donors (Lipinski definition) is 4. The summed E-state index contributed by atoms with van der Waals surface area (Å²) in [7, 11) is 0. The van der Waals surface area contributed by atoms with Crippen LogP contribution in [0.1, 0.15) is 0 Å². The second kappa shape index (κ2) is 20.3. The van der Waals surface area contributed by atoms with E-state index in [1.54, 1.807) is 0 Å². The van der Waals surface area contributed by atoms with Gasteiger partial charge in [-0.1, -0.05) is 0 Å². The molecule has 0 unspecified atom stereocenters. The number of carbonyl (C=O) groups is 4. The molecule has 0 radical (unpaired) electrons. The van der Waals surface area contributed by atoms with Gasteiger partial charge in [0.15, 0.2) is 0 Å². The van der Waals surface area contributed by atoms with Crippen LogP contribution in [0.15, 0.2) is 0 Å². The van der Waals surface area contributed by atoms with E-state index in [1.807, 2.05) is 0 Å². The van der Waals surface area contributed by atoms with Crippen LogP contribution in [-0.2, 0) is 19.2 Å². The van der Waals surface area contributed by atoms with Gasteiger partial charge < -0.3 is 20.4 Å². The monoisotopic (exact) mass is 352 g/mol. The van der Waals surface area contributed by atoms with Gasteiger partial charge in [0, 0.05) is 13.1 Å². The Labute approximate surface area is 207 Å². The number of aliphatic carboxylic acids is 4. The Kier molecular flexibility index (Phi) is 30.5. The van der Waals surface area contributed by atoms with Crippen molar-refractivity contribution in [2.45, 2.75) is 0 Å². The molecule has 0 aliphatic rings. The Balaban J connectivity index is -0.000000301. The molecule has 24 heavy (non-hydrogen) atoms. The SMILES string of the molecule is O=C(O)CN(CCN(CC(=O)O)CC(=O)O)CC(=O)O.[Li+].[Li+].[Na+].[Na+]. The normalized spacial score (nSPS) is 8.92. The van der Waals surface area contributed by atoms with Crippen LogP contribution in [0.2, 0.25) is 0 Å². The summed E-state index contributed by atoms with van der Waals surface area (Å²) in [5.74, 6) is -4.91. The molecular formula is C10H16Li2N2Na2O8+4. The first kappa shape index (κ1) is 36.0. The van der Waals surface area contributed by atoms with Crippen molar-refractivity contribution >= 4 is 23.9 Å². The molecule has 0 saturated heterocycles. The summed E-state index contributed by atoms with van der Waals surface area (Å²) in [5, 5.41) is 34.5. The summed E-state index contributed by atoms with van der Waals surface area (Å²) in [6.45, 7) is -2.25. The molecule has 0 aromatic rings. The van der Waals surface area contributed by atoms with Gasteiger partial charge in [0.2, 0.25) is 0 Å². The fourth-order valence-corrected chi connectivity index (χ4v) is 1.48. The number of carboxylic acids is 4. The number of hydrogen-bond acceptors (Lipinski definition) is 6. The van der Waals surface area contributed by atoms with Crippen LogP contribution in [0.25, 0.3) is 0 Å². The first-order valence-corrected chi connectivity index (χ1v) is 5.52. The van der Waals surface area contributed by atoms with Gasteiger partial charge in [-0.25, -0.2) is 0 Å². The number of nitrogens with zero attached hydrogens (tertiary/aromatic N) is 2. The minimum absolute atomic E-state index is 0. The maximum Gasteiger partial charge on any atom is 1.00 e. The van der Waals surface area contributed by atoms with Crippen LogP contribution in [-0.4, -0.2) is 93.4 Å². The second-order valence-corrected chi connectivity index (χ2v) is 4.00. The Morgan fingerprint density at radius 1 is 0.542 bits per heavy atom. The molecule has 0 bridgehead atoms. The Hall–Kier alpha value is 0.995. The third-order valence-electron chi connectivity index (χ3n) is 2.17. The van der Waals surface area contributed by atoms with Crippen molar-refractivity contribution in [2.24, 2.45) is 0 Å². The van der Waals surface area contributed by atoms with Crippen LogP contribution in [0.4, 0.5) is 0 Å². The van der Waals surface area contributed by atoms with Crippen LogP contribution in [0.3, 0.4) is 0 Å². The quantitative estimate of drug-likeness (QED) is 0.263. The van der Waals surface area contributed by atoms with Gasteiger partial charge in [0.25, 0.3) is 0 Å². The fourth-order valence-electron chi connectivity index (χ4n) is 1.48. The average Bonchev–Trinajstić information content (AvgIpc) is 2.22. The molecule has 0 aliphatic carbocycles. The van der Waals surface area contributed by atoms with E-state index >= 15 is 0 Å². The largest absolute Gasteiger partial charge is 1.00 e. The standard InChI is InChI=1S/C10H16N2O8.2Li.2Na/c13-7(14)3-11(4-8(15)16)1-2-12(5-9(17)18)6-10(19)20;;;;/h1-6H2,(H,13,14)(H,15,16)(H,17,18)(H,19,20);;;;/q;4*+1. The van der Waals surface area contributed by atoms with E-state index in [4.69, 9.17) is 20.4 Å². The van der Waals surface area contributed by atoms with E-state index < -0.39 is 50.1 Å². The van der Waals surface area contributed by atoms with Crippen LogP contribution < -0.4 is 96.8 Å². The maximum absolute atomic E-state index is 10.6. The third kappa shape index (κ3) is 23.0. The first-order valence-electron chi connectivity index (χ1n) is 5.52.